The first-order valence-electron chi connectivity index (χ1n) is 11.2. The van der Waals surface area contributed by atoms with Gasteiger partial charge >= 0.3 is 6.18 Å². The number of rotatable bonds is 6. The third-order valence-corrected chi connectivity index (χ3v) is 6.67. The van der Waals surface area contributed by atoms with Gasteiger partial charge in [-0.25, -0.2) is 0 Å². The summed E-state index contributed by atoms with van der Waals surface area (Å²) in [6, 6.07) is 14.0. The van der Waals surface area contributed by atoms with Crippen LogP contribution in [0.2, 0.25) is 0 Å². The van der Waals surface area contributed by atoms with Crippen LogP contribution >= 0.6 is 0 Å². The Hall–Kier alpha value is -2.05. The number of benzene rings is 2. The number of nitrogens with zero attached hydrogens (tertiary/aromatic N) is 2. The fraction of sp³-hybridized carbons (Fsp3) is 0.520. The molecule has 2 saturated heterocycles. The Kier molecular flexibility index (Phi) is 6.87. The molecule has 0 N–H and O–H groups in total. The maximum Gasteiger partial charge on any atom is 0.416 e. The van der Waals surface area contributed by atoms with Gasteiger partial charge in [-0.3, -0.25) is 4.90 Å². The molecule has 6 heteroatoms. The van der Waals surface area contributed by atoms with Gasteiger partial charge in [0.2, 0.25) is 0 Å². The SMILES string of the molecule is COc1ccc(CN2C[C@H](CN3CCCCC3)[C@@H](c3cccc(C(F)(F)F)c3)C2)cc1. The zero-order chi connectivity index (χ0) is 21.8. The molecule has 2 aliphatic rings. The van der Waals surface area contributed by atoms with Crippen LogP contribution in [0.4, 0.5) is 13.2 Å². The van der Waals surface area contributed by atoms with Crippen molar-refractivity contribution in [2.45, 2.75) is 37.9 Å². The zero-order valence-corrected chi connectivity index (χ0v) is 18.1. The third kappa shape index (κ3) is 5.60. The second-order valence-electron chi connectivity index (χ2n) is 8.89. The van der Waals surface area contributed by atoms with Gasteiger partial charge in [-0.1, -0.05) is 36.8 Å². The molecule has 2 aromatic rings. The topological polar surface area (TPSA) is 15.7 Å². The van der Waals surface area contributed by atoms with E-state index < -0.39 is 11.7 Å². The summed E-state index contributed by atoms with van der Waals surface area (Å²) >= 11 is 0. The van der Waals surface area contributed by atoms with Crippen LogP contribution < -0.4 is 4.74 Å². The molecule has 0 amide bonds. The second kappa shape index (κ2) is 9.61. The lowest BCUT2D eigenvalue weighted by atomic mass is 9.87. The highest BCUT2D eigenvalue weighted by molar-refractivity contribution is 5.31. The van der Waals surface area contributed by atoms with Crippen molar-refractivity contribution in [1.82, 2.24) is 9.80 Å². The molecular weight excluding hydrogens is 401 g/mol. The van der Waals surface area contributed by atoms with E-state index in [1.54, 1.807) is 13.2 Å². The number of hydrogen-bond donors (Lipinski definition) is 0. The number of hydrogen-bond acceptors (Lipinski definition) is 3. The maximum atomic E-state index is 13.3. The standard InChI is InChI=1S/C25H31F3N2O/c1-31-23-10-8-19(9-11-23)15-30-17-21(16-29-12-3-2-4-13-29)24(18-30)20-6-5-7-22(14-20)25(26,27)28/h5-11,14,21,24H,2-4,12-13,15-18H2,1H3/t21-,24+/m0/s1. The molecule has 3 nitrogen and oxygen atoms in total. The summed E-state index contributed by atoms with van der Waals surface area (Å²) in [5.41, 5.74) is 1.46. The summed E-state index contributed by atoms with van der Waals surface area (Å²) in [4.78, 5) is 4.90. The number of halogens is 3. The van der Waals surface area contributed by atoms with Crippen molar-refractivity contribution in [2.24, 2.45) is 5.92 Å². The van der Waals surface area contributed by atoms with Crippen molar-refractivity contribution < 1.29 is 17.9 Å². The van der Waals surface area contributed by atoms with E-state index in [9.17, 15) is 13.2 Å². The minimum Gasteiger partial charge on any atom is -0.497 e. The van der Waals surface area contributed by atoms with Gasteiger partial charge in [0, 0.05) is 32.1 Å². The van der Waals surface area contributed by atoms with E-state index in [1.165, 1.54) is 37.0 Å². The highest BCUT2D eigenvalue weighted by Crippen LogP contribution is 2.37. The summed E-state index contributed by atoms with van der Waals surface area (Å²) in [7, 11) is 1.65. The van der Waals surface area contributed by atoms with Crippen LogP contribution in [0.5, 0.6) is 5.75 Å². The summed E-state index contributed by atoms with van der Waals surface area (Å²) in [5.74, 6) is 1.28. The number of piperidine rings is 1. The fourth-order valence-electron chi connectivity index (χ4n) is 5.06. The molecule has 0 bridgehead atoms. The molecule has 168 valence electrons. The van der Waals surface area contributed by atoms with Crippen molar-refractivity contribution in [1.29, 1.82) is 0 Å². The van der Waals surface area contributed by atoms with E-state index >= 15 is 0 Å². The summed E-state index contributed by atoms with van der Waals surface area (Å²) < 4.78 is 45.2. The number of ether oxygens (including phenoxy) is 1. The van der Waals surface area contributed by atoms with Gasteiger partial charge in [-0.05, 0) is 61.2 Å². The van der Waals surface area contributed by atoms with Gasteiger partial charge in [-0.15, -0.1) is 0 Å². The van der Waals surface area contributed by atoms with E-state index in [4.69, 9.17) is 4.74 Å². The smallest absolute Gasteiger partial charge is 0.416 e. The predicted octanol–water partition coefficient (Wildman–Crippen LogP) is 5.42. The Balaban J connectivity index is 1.52. The summed E-state index contributed by atoms with van der Waals surface area (Å²) in [6.07, 6.45) is -0.589. The van der Waals surface area contributed by atoms with Crippen LogP contribution in [0.1, 0.15) is 41.9 Å². The van der Waals surface area contributed by atoms with Crippen LogP contribution in [0, 0.1) is 5.92 Å². The molecule has 2 heterocycles. The molecule has 4 rings (SSSR count). The molecule has 2 atom stereocenters. The molecule has 2 aromatic carbocycles. The maximum absolute atomic E-state index is 13.3. The molecule has 0 aliphatic carbocycles. The minimum absolute atomic E-state index is 0.113. The lowest BCUT2D eigenvalue weighted by Crippen LogP contribution is -2.36. The van der Waals surface area contributed by atoms with Gasteiger partial charge in [0.15, 0.2) is 0 Å². The number of methoxy groups -OCH3 is 1. The predicted molar refractivity (Wildman–Crippen MR) is 116 cm³/mol. The largest absolute Gasteiger partial charge is 0.497 e. The molecule has 0 spiro atoms. The first-order valence-corrected chi connectivity index (χ1v) is 11.2. The molecular formula is C25H31F3N2O. The average Bonchev–Trinajstić information content (AvgIpc) is 3.16. The Morgan fingerprint density at radius 3 is 2.35 bits per heavy atom. The van der Waals surface area contributed by atoms with Gasteiger partial charge in [-0.2, -0.15) is 13.2 Å². The molecule has 2 fully saturated rings. The lowest BCUT2D eigenvalue weighted by Gasteiger charge is -2.31. The van der Waals surface area contributed by atoms with Gasteiger partial charge in [0.25, 0.3) is 0 Å². The molecule has 0 unspecified atom stereocenters. The first-order chi connectivity index (χ1) is 14.9. The van der Waals surface area contributed by atoms with E-state index in [1.807, 2.05) is 18.2 Å². The Morgan fingerprint density at radius 1 is 0.935 bits per heavy atom. The van der Waals surface area contributed by atoms with Crippen molar-refractivity contribution >= 4 is 0 Å². The molecule has 0 saturated carbocycles. The molecule has 0 radical (unpaired) electrons. The number of alkyl halides is 3. The van der Waals surface area contributed by atoms with Crippen LogP contribution in [0.25, 0.3) is 0 Å². The molecule has 0 aromatic heterocycles. The normalized spacial score (nSPS) is 23.2. The van der Waals surface area contributed by atoms with Crippen molar-refractivity contribution in [3.8, 4) is 5.75 Å². The second-order valence-corrected chi connectivity index (χ2v) is 8.89. The van der Waals surface area contributed by atoms with Crippen molar-refractivity contribution in [2.75, 3.05) is 39.8 Å². The van der Waals surface area contributed by atoms with Crippen LogP contribution in [0.15, 0.2) is 48.5 Å². The highest BCUT2D eigenvalue weighted by Gasteiger charge is 2.37. The molecule has 2 aliphatic heterocycles. The average molecular weight is 433 g/mol. The van der Waals surface area contributed by atoms with Crippen LogP contribution in [0.3, 0.4) is 0 Å². The number of likely N-dealkylation sites (tertiary alicyclic amines) is 2. The Morgan fingerprint density at radius 2 is 1.68 bits per heavy atom. The quantitative estimate of drug-likeness (QED) is 0.607. The van der Waals surface area contributed by atoms with Crippen LogP contribution in [-0.4, -0.2) is 49.6 Å². The van der Waals surface area contributed by atoms with E-state index in [-0.39, 0.29) is 5.92 Å². The summed E-state index contributed by atoms with van der Waals surface area (Å²) in [5, 5.41) is 0. The first kappa shape index (κ1) is 22.2. The van der Waals surface area contributed by atoms with E-state index in [2.05, 4.69) is 21.9 Å². The van der Waals surface area contributed by atoms with Crippen molar-refractivity contribution in [3.05, 3.63) is 65.2 Å². The Bertz CT molecular complexity index is 847. The zero-order valence-electron chi connectivity index (χ0n) is 18.1. The van der Waals surface area contributed by atoms with E-state index in [0.29, 0.717) is 5.92 Å². The lowest BCUT2D eigenvalue weighted by molar-refractivity contribution is -0.137. The van der Waals surface area contributed by atoms with E-state index in [0.717, 1.165) is 50.6 Å². The fourth-order valence-corrected chi connectivity index (χ4v) is 5.06. The van der Waals surface area contributed by atoms with Crippen LogP contribution in [-0.2, 0) is 12.7 Å². The van der Waals surface area contributed by atoms with Gasteiger partial charge in [0.05, 0.1) is 12.7 Å². The minimum atomic E-state index is -4.31. The van der Waals surface area contributed by atoms with Crippen molar-refractivity contribution in [3.63, 3.8) is 0 Å². The van der Waals surface area contributed by atoms with Gasteiger partial charge in [0.1, 0.15) is 5.75 Å². The third-order valence-electron chi connectivity index (χ3n) is 6.67. The van der Waals surface area contributed by atoms with Gasteiger partial charge < -0.3 is 9.64 Å². The highest BCUT2D eigenvalue weighted by atomic mass is 19.4. The monoisotopic (exact) mass is 432 g/mol. The Labute approximate surface area is 182 Å². The molecule has 31 heavy (non-hydrogen) atoms. The summed E-state index contributed by atoms with van der Waals surface area (Å²) in [6.45, 7) is 5.65.